The van der Waals surface area contributed by atoms with Crippen LogP contribution in [0, 0.1) is 6.92 Å². The van der Waals surface area contributed by atoms with Crippen LogP contribution in [0.25, 0.3) is 21.7 Å². The molecule has 1 N–H and O–H groups in total. The minimum Gasteiger partial charge on any atom is -0.358 e. The van der Waals surface area contributed by atoms with Crippen LogP contribution >= 0.6 is 0 Å². The lowest BCUT2D eigenvalue weighted by atomic mass is 10.0. The molecule has 1 aromatic heterocycles. The fraction of sp³-hybridized carbons (Fsp3) is 0.222. The Hall–Kier alpha value is -2.42. The Labute approximate surface area is 122 Å². The van der Waals surface area contributed by atoms with Crippen LogP contribution in [0.5, 0.6) is 0 Å². The molecule has 0 atom stereocenters. The fourth-order valence-corrected chi connectivity index (χ4v) is 2.79. The van der Waals surface area contributed by atoms with E-state index >= 15 is 0 Å². The molecule has 106 valence electrons. The summed E-state index contributed by atoms with van der Waals surface area (Å²) < 4.78 is 0. The van der Waals surface area contributed by atoms with Crippen molar-refractivity contribution in [3.8, 4) is 0 Å². The molecule has 3 heteroatoms. The summed E-state index contributed by atoms with van der Waals surface area (Å²) in [6.07, 6.45) is 0.905. The number of ketones is 1. The van der Waals surface area contributed by atoms with Gasteiger partial charge >= 0.3 is 0 Å². The van der Waals surface area contributed by atoms with Gasteiger partial charge in [-0.2, -0.15) is 0 Å². The second kappa shape index (κ2) is 5.17. The van der Waals surface area contributed by atoms with Crippen molar-refractivity contribution in [3.05, 3.63) is 57.9 Å². The highest BCUT2D eigenvalue weighted by atomic mass is 16.1. The molecule has 0 aliphatic carbocycles. The van der Waals surface area contributed by atoms with Crippen molar-refractivity contribution in [3.63, 3.8) is 0 Å². The Balaban J connectivity index is 2.28. The van der Waals surface area contributed by atoms with E-state index in [1.165, 1.54) is 0 Å². The number of carbonyl (C=O) groups excluding carboxylic acids is 1. The van der Waals surface area contributed by atoms with Gasteiger partial charge in [-0.05, 0) is 31.7 Å². The highest BCUT2D eigenvalue weighted by molar-refractivity contribution is 6.05. The van der Waals surface area contributed by atoms with Crippen LogP contribution in [0.2, 0.25) is 0 Å². The third-order valence-electron chi connectivity index (χ3n) is 3.94. The van der Waals surface area contributed by atoms with Crippen LogP contribution < -0.4 is 5.43 Å². The molecule has 0 unspecified atom stereocenters. The third kappa shape index (κ3) is 2.35. The highest BCUT2D eigenvalue weighted by Gasteiger charge is 2.11. The summed E-state index contributed by atoms with van der Waals surface area (Å²) >= 11 is 0. The molecule has 1 heterocycles. The van der Waals surface area contributed by atoms with Crippen LogP contribution in [0.1, 0.15) is 24.6 Å². The molecule has 0 saturated carbocycles. The average molecular weight is 279 g/mol. The summed E-state index contributed by atoms with van der Waals surface area (Å²) in [7, 11) is 0. The molecule has 3 aromatic rings. The maximum absolute atomic E-state index is 12.7. The third-order valence-corrected chi connectivity index (χ3v) is 3.94. The number of carbonyl (C=O) groups is 1. The number of benzene rings is 2. The monoisotopic (exact) mass is 279 g/mol. The second-order valence-corrected chi connectivity index (χ2v) is 5.47. The van der Waals surface area contributed by atoms with Crippen molar-refractivity contribution in [2.75, 3.05) is 0 Å². The first-order valence-electron chi connectivity index (χ1n) is 7.10. The van der Waals surface area contributed by atoms with Crippen LogP contribution in [-0.4, -0.2) is 10.8 Å². The average Bonchev–Trinajstić information content (AvgIpc) is 2.46. The van der Waals surface area contributed by atoms with Gasteiger partial charge < -0.3 is 9.78 Å². The van der Waals surface area contributed by atoms with Crippen LogP contribution in [0.15, 0.2) is 41.2 Å². The number of nitrogens with one attached hydrogen (secondary N) is 1. The minimum absolute atomic E-state index is 0.0354. The van der Waals surface area contributed by atoms with Crippen molar-refractivity contribution < 1.29 is 4.79 Å². The number of aromatic amines is 1. The smallest absolute Gasteiger partial charge is 0.192 e. The number of fused-ring (bicyclic) bond motifs is 3. The standard InChI is InChI=1S/C18H17NO2/c1-11(20)7-9-14-12(2)19-17-15-6-4-3-5-13(15)8-10-16(17)18(14)21/h3-6,8,10H,7,9H2,1-2H3,(H,19,21). The second-order valence-electron chi connectivity index (χ2n) is 5.47. The van der Waals surface area contributed by atoms with Crippen molar-refractivity contribution in [1.82, 2.24) is 4.98 Å². The quantitative estimate of drug-likeness (QED) is 0.746. The van der Waals surface area contributed by atoms with Crippen LogP contribution in [0.4, 0.5) is 0 Å². The van der Waals surface area contributed by atoms with Crippen molar-refractivity contribution in [2.24, 2.45) is 0 Å². The topological polar surface area (TPSA) is 49.9 Å². The molecular formula is C18H17NO2. The van der Waals surface area contributed by atoms with Gasteiger partial charge in [0, 0.05) is 28.5 Å². The zero-order valence-electron chi connectivity index (χ0n) is 12.2. The molecule has 3 rings (SSSR count). The number of aromatic nitrogens is 1. The van der Waals surface area contributed by atoms with Crippen LogP contribution in [-0.2, 0) is 11.2 Å². The Kier molecular flexibility index (Phi) is 3.34. The zero-order chi connectivity index (χ0) is 15.0. The first-order valence-corrected chi connectivity index (χ1v) is 7.10. The van der Waals surface area contributed by atoms with Gasteiger partial charge in [0.2, 0.25) is 0 Å². The largest absolute Gasteiger partial charge is 0.358 e. The molecule has 3 nitrogen and oxygen atoms in total. The lowest BCUT2D eigenvalue weighted by molar-refractivity contribution is -0.116. The molecule has 0 aliphatic heterocycles. The molecule has 0 saturated heterocycles. The molecule has 0 radical (unpaired) electrons. The van der Waals surface area contributed by atoms with E-state index in [-0.39, 0.29) is 11.2 Å². The van der Waals surface area contributed by atoms with Crippen molar-refractivity contribution in [1.29, 1.82) is 0 Å². The van der Waals surface area contributed by atoms with E-state index in [1.54, 1.807) is 6.92 Å². The van der Waals surface area contributed by atoms with Crippen molar-refractivity contribution >= 4 is 27.5 Å². The van der Waals surface area contributed by atoms with E-state index < -0.39 is 0 Å². The van der Waals surface area contributed by atoms with Gasteiger partial charge in [0.05, 0.1) is 5.52 Å². The first-order chi connectivity index (χ1) is 10.1. The molecule has 0 amide bonds. The molecule has 0 bridgehead atoms. The zero-order valence-corrected chi connectivity index (χ0v) is 12.2. The number of aryl methyl sites for hydroxylation is 1. The van der Waals surface area contributed by atoms with Gasteiger partial charge in [0.1, 0.15) is 5.78 Å². The molecular weight excluding hydrogens is 262 g/mol. The Morgan fingerprint density at radius 3 is 2.62 bits per heavy atom. The fourth-order valence-electron chi connectivity index (χ4n) is 2.79. The number of rotatable bonds is 3. The summed E-state index contributed by atoms with van der Waals surface area (Å²) in [5.41, 5.74) is 2.48. The van der Waals surface area contributed by atoms with Crippen molar-refractivity contribution in [2.45, 2.75) is 26.7 Å². The lowest BCUT2D eigenvalue weighted by Crippen LogP contribution is -2.14. The van der Waals surface area contributed by atoms with E-state index in [0.29, 0.717) is 23.8 Å². The van der Waals surface area contributed by atoms with Gasteiger partial charge in [-0.1, -0.05) is 30.3 Å². The Morgan fingerprint density at radius 2 is 1.86 bits per heavy atom. The predicted octanol–water partition coefficient (Wildman–Crippen LogP) is 3.51. The maximum atomic E-state index is 12.7. The van der Waals surface area contributed by atoms with Gasteiger partial charge in [-0.15, -0.1) is 0 Å². The Morgan fingerprint density at radius 1 is 1.10 bits per heavy atom. The lowest BCUT2D eigenvalue weighted by Gasteiger charge is -2.09. The summed E-state index contributed by atoms with van der Waals surface area (Å²) in [5.74, 6) is 0.104. The summed E-state index contributed by atoms with van der Waals surface area (Å²) in [6.45, 7) is 3.45. The number of H-pyrrole nitrogens is 1. The normalized spacial score (nSPS) is 11.1. The van der Waals surface area contributed by atoms with Gasteiger partial charge in [-0.25, -0.2) is 0 Å². The summed E-state index contributed by atoms with van der Waals surface area (Å²) in [5, 5.41) is 2.85. The van der Waals surface area contributed by atoms with E-state index in [2.05, 4.69) is 4.98 Å². The minimum atomic E-state index is 0.0354. The van der Waals surface area contributed by atoms with E-state index in [9.17, 15) is 9.59 Å². The highest BCUT2D eigenvalue weighted by Crippen LogP contribution is 2.23. The van der Waals surface area contributed by atoms with Gasteiger partial charge in [0.25, 0.3) is 0 Å². The predicted molar refractivity (Wildman–Crippen MR) is 85.8 cm³/mol. The van der Waals surface area contributed by atoms with E-state index in [1.807, 2.05) is 43.3 Å². The maximum Gasteiger partial charge on any atom is 0.192 e. The van der Waals surface area contributed by atoms with Gasteiger partial charge in [-0.3, -0.25) is 4.79 Å². The Bertz CT molecular complexity index is 906. The van der Waals surface area contributed by atoms with Crippen LogP contribution in [0.3, 0.4) is 0 Å². The summed E-state index contributed by atoms with van der Waals surface area (Å²) in [4.78, 5) is 27.2. The number of hydrogen-bond donors (Lipinski definition) is 1. The SMILES string of the molecule is CC(=O)CCc1c(C)[nH]c2c(ccc3ccccc32)c1=O. The molecule has 21 heavy (non-hydrogen) atoms. The molecule has 0 aliphatic rings. The number of pyridine rings is 1. The molecule has 2 aromatic carbocycles. The van der Waals surface area contributed by atoms with Gasteiger partial charge in [0.15, 0.2) is 5.43 Å². The first kappa shape index (κ1) is 13.6. The van der Waals surface area contributed by atoms with E-state index in [0.717, 1.165) is 22.0 Å². The summed E-state index contributed by atoms with van der Waals surface area (Å²) in [6, 6.07) is 11.8. The van der Waals surface area contributed by atoms with E-state index in [4.69, 9.17) is 0 Å². The molecule has 0 spiro atoms. The number of hydrogen-bond acceptors (Lipinski definition) is 2. The number of Topliss-reactive ketones (excluding diaryl/α,β-unsaturated/α-hetero) is 1. The molecule has 0 fully saturated rings.